The fourth-order valence-electron chi connectivity index (χ4n) is 2.97. The van der Waals surface area contributed by atoms with Gasteiger partial charge in [0.25, 0.3) is 11.6 Å². The maximum atomic E-state index is 12.7. The summed E-state index contributed by atoms with van der Waals surface area (Å²) in [5.74, 6) is -3.22. The van der Waals surface area contributed by atoms with Crippen LogP contribution in [0.5, 0.6) is 5.75 Å². The molecule has 2 unspecified atom stereocenters. The largest absolute Gasteiger partial charge is 0.484 e. The number of carboxylic acids is 1. The molecule has 1 aliphatic rings. The van der Waals surface area contributed by atoms with Crippen molar-refractivity contribution in [1.29, 1.82) is 0 Å². The molecule has 2 rings (SSSR count). The molecule has 11 heteroatoms. The number of carbonyl (C=O) groups is 2. The molecule has 1 amide bonds. The molecule has 0 radical (unpaired) electrons. The Morgan fingerprint density at radius 2 is 2.04 bits per heavy atom. The molecule has 0 aromatic heterocycles. The molecule has 1 aromatic carbocycles. The van der Waals surface area contributed by atoms with Crippen LogP contribution in [-0.4, -0.2) is 52.7 Å². The van der Waals surface area contributed by atoms with Crippen LogP contribution in [0.1, 0.15) is 23.7 Å². The monoisotopic (exact) mass is 390 g/mol. The zero-order valence-electron chi connectivity index (χ0n) is 14.2. The van der Waals surface area contributed by atoms with E-state index >= 15 is 0 Å². The lowest BCUT2D eigenvalue weighted by Crippen LogP contribution is -2.45. The van der Waals surface area contributed by atoms with Gasteiger partial charge in [0, 0.05) is 19.2 Å². The van der Waals surface area contributed by atoms with Crippen molar-refractivity contribution in [2.45, 2.75) is 19.5 Å². The maximum absolute atomic E-state index is 12.7. The number of nitrogens with zero attached hydrogens (tertiary/aromatic N) is 2. The molecule has 1 aliphatic heterocycles. The third kappa shape index (κ3) is 5.31. The fraction of sp³-hybridized carbons (Fsp3) is 0.500. The van der Waals surface area contributed by atoms with Gasteiger partial charge in [-0.05, 0) is 24.5 Å². The molecule has 0 spiro atoms. The lowest BCUT2D eigenvalue weighted by molar-refractivity contribution is -0.385. The number of piperidine rings is 1. The third-order valence-corrected chi connectivity index (χ3v) is 4.09. The summed E-state index contributed by atoms with van der Waals surface area (Å²) in [6, 6.07) is 2.74. The summed E-state index contributed by atoms with van der Waals surface area (Å²) in [4.78, 5) is 35.5. The first kappa shape index (κ1) is 20.5. The van der Waals surface area contributed by atoms with Crippen LogP contribution in [0, 0.1) is 22.0 Å². The number of alkyl halides is 3. The van der Waals surface area contributed by atoms with E-state index in [2.05, 4.69) is 4.74 Å². The first-order chi connectivity index (χ1) is 12.5. The van der Waals surface area contributed by atoms with E-state index < -0.39 is 46.8 Å². The number of halogens is 3. The van der Waals surface area contributed by atoms with E-state index in [4.69, 9.17) is 0 Å². The third-order valence-electron chi connectivity index (χ3n) is 4.09. The molecule has 1 heterocycles. The number of benzene rings is 1. The predicted octanol–water partition coefficient (Wildman–Crippen LogP) is 2.72. The summed E-state index contributed by atoms with van der Waals surface area (Å²) in [5.41, 5.74) is -1.04. The van der Waals surface area contributed by atoms with Crippen molar-refractivity contribution in [2.75, 3.05) is 19.7 Å². The van der Waals surface area contributed by atoms with Gasteiger partial charge < -0.3 is 14.7 Å². The topological polar surface area (TPSA) is 110 Å². The maximum Gasteiger partial charge on any atom is 0.422 e. The van der Waals surface area contributed by atoms with Gasteiger partial charge in [-0.2, -0.15) is 13.2 Å². The van der Waals surface area contributed by atoms with E-state index in [-0.39, 0.29) is 24.8 Å². The van der Waals surface area contributed by atoms with Crippen LogP contribution < -0.4 is 4.74 Å². The van der Waals surface area contributed by atoms with Gasteiger partial charge in [-0.1, -0.05) is 6.92 Å². The molecule has 27 heavy (non-hydrogen) atoms. The minimum atomic E-state index is -4.61. The Hall–Kier alpha value is -2.85. The molecule has 1 fully saturated rings. The number of ether oxygens (including phenoxy) is 1. The molecule has 0 aliphatic carbocycles. The Balaban J connectivity index is 2.31. The van der Waals surface area contributed by atoms with Crippen molar-refractivity contribution in [3.8, 4) is 5.75 Å². The van der Waals surface area contributed by atoms with E-state index in [9.17, 15) is 38.0 Å². The molecule has 0 saturated carbocycles. The smallest absolute Gasteiger partial charge is 0.422 e. The molecular formula is C16H17F3N2O6. The number of rotatable bonds is 5. The molecule has 8 nitrogen and oxygen atoms in total. The Bertz CT molecular complexity index is 752. The van der Waals surface area contributed by atoms with Gasteiger partial charge in [-0.25, -0.2) is 0 Å². The highest BCUT2D eigenvalue weighted by molar-refractivity contribution is 5.99. The minimum absolute atomic E-state index is 0.136. The molecule has 2 atom stereocenters. The number of likely N-dealkylation sites (tertiary alicyclic amines) is 1. The number of amides is 1. The van der Waals surface area contributed by atoms with E-state index in [1.54, 1.807) is 6.92 Å². The Morgan fingerprint density at radius 3 is 2.59 bits per heavy atom. The lowest BCUT2D eigenvalue weighted by atomic mass is 9.90. The van der Waals surface area contributed by atoms with Crippen LogP contribution >= 0.6 is 0 Å². The lowest BCUT2D eigenvalue weighted by Gasteiger charge is -2.34. The number of nitro groups is 1. The average molecular weight is 390 g/mol. The highest BCUT2D eigenvalue weighted by Crippen LogP contribution is 2.29. The van der Waals surface area contributed by atoms with Gasteiger partial charge in [-0.15, -0.1) is 0 Å². The fourth-order valence-corrected chi connectivity index (χ4v) is 2.97. The molecule has 1 saturated heterocycles. The first-order valence-corrected chi connectivity index (χ1v) is 7.98. The van der Waals surface area contributed by atoms with Crippen LogP contribution in [0.3, 0.4) is 0 Å². The number of carbonyl (C=O) groups excluding carboxylic acids is 1. The molecule has 1 aromatic rings. The van der Waals surface area contributed by atoms with Crippen molar-refractivity contribution in [3.05, 3.63) is 33.9 Å². The van der Waals surface area contributed by atoms with Gasteiger partial charge in [-0.3, -0.25) is 19.7 Å². The van der Waals surface area contributed by atoms with Gasteiger partial charge >= 0.3 is 12.1 Å². The minimum Gasteiger partial charge on any atom is -0.484 e. The second kappa shape index (κ2) is 7.80. The van der Waals surface area contributed by atoms with Gasteiger partial charge in [0.05, 0.1) is 10.8 Å². The number of carboxylic acid groups (broad SMARTS) is 1. The van der Waals surface area contributed by atoms with E-state index in [1.165, 1.54) is 4.90 Å². The summed E-state index contributed by atoms with van der Waals surface area (Å²) in [7, 11) is 0. The first-order valence-electron chi connectivity index (χ1n) is 7.98. The SMILES string of the molecule is CC1CC(C(=O)O)CN(C(=O)c2cc(OCC(F)(F)F)ccc2[N+](=O)[O-])C1. The molecule has 148 valence electrons. The van der Waals surface area contributed by atoms with Crippen LogP contribution in [0.4, 0.5) is 18.9 Å². The van der Waals surface area contributed by atoms with E-state index in [0.29, 0.717) is 6.42 Å². The van der Waals surface area contributed by atoms with Crippen molar-refractivity contribution >= 4 is 17.6 Å². The highest BCUT2D eigenvalue weighted by atomic mass is 19.4. The number of hydrogen-bond donors (Lipinski definition) is 1. The molecule has 1 N–H and O–H groups in total. The highest BCUT2D eigenvalue weighted by Gasteiger charge is 2.35. The Kier molecular flexibility index (Phi) is 5.91. The Morgan fingerprint density at radius 1 is 1.37 bits per heavy atom. The number of aliphatic carboxylic acids is 1. The summed E-state index contributed by atoms with van der Waals surface area (Å²) in [6.45, 7) is 0.184. The standard InChI is InChI=1S/C16H17F3N2O6/c1-9-4-10(15(23)24)7-20(6-9)14(22)12-5-11(27-8-16(17,18)19)2-3-13(12)21(25)26/h2-3,5,9-10H,4,6-8H2,1H3,(H,23,24). The average Bonchev–Trinajstić information content (AvgIpc) is 2.57. The number of nitro benzene ring substituents is 1. The van der Waals surface area contributed by atoms with Crippen molar-refractivity contribution < 1.29 is 37.5 Å². The van der Waals surface area contributed by atoms with Crippen LogP contribution in [0.25, 0.3) is 0 Å². The van der Waals surface area contributed by atoms with Crippen molar-refractivity contribution in [1.82, 2.24) is 4.90 Å². The Labute approximate surface area is 151 Å². The van der Waals surface area contributed by atoms with Crippen molar-refractivity contribution in [3.63, 3.8) is 0 Å². The zero-order valence-corrected chi connectivity index (χ0v) is 14.2. The summed E-state index contributed by atoms with van der Waals surface area (Å²) in [6.07, 6.45) is -4.25. The van der Waals surface area contributed by atoms with Crippen LogP contribution in [0.15, 0.2) is 18.2 Å². The quantitative estimate of drug-likeness (QED) is 0.611. The van der Waals surface area contributed by atoms with Crippen molar-refractivity contribution in [2.24, 2.45) is 11.8 Å². The van der Waals surface area contributed by atoms with E-state index in [0.717, 1.165) is 18.2 Å². The molecular weight excluding hydrogens is 373 g/mol. The van der Waals surface area contributed by atoms with E-state index in [1.807, 2.05) is 0 Å². The second-order valence-corrected chi connectivity index (χ2v) is 6.43. The van der Waals surface area contributed by atoms with Gasteiger partial charge in [0.15, 0.2) is 6.61 Å². The predicted molar refractivity (Wildman–Crippen MR) is 85.5 cm³/mol. The summed E-state index contributed by atoms with van der Waals surface area (Å²) in [5, 5.41) is 20.4. The summed E-state index contributed by atoms with van der Waals surface area (Å²) >= 11 is 0. The van der Waals surface area contributed by atoms with Gasteiger partial charge in [0.1, 0.15) is 11.3 Å². The van der Waals surface area contributed by atoms with Crippen LogP contribution in [0.2, 0.25) is 0 Å². The summed E-state index contributed by atoms with van der Waals surface area (Å²) < 4.78 is 41.4. The zero-order chi connectivity index (χ0) is 20.4. The van der Waals surface area contributed by atoms with Gasteiger partial charge in [0.2, 0.25) is 0 Å². The normalized spacial score (nSPS) is 20.2. The molecule has 0 bridgehead atoms. The second-order valence-electron chi connectivity index (χ2n) is 6.43. The van der Waals surface area contributed by atoms with Crippen LogP contribution in [-0.2, 0) is 4.79 Å². The number of hydrogen-bond acceptors (Lipinski definition) is 5.